The van der Waals surface area contributed by atoms with Crippen LogP contribution in [0.15, 0.2) is 36.2 Å². The van der Waals surface area contributed by atoms with E-state index in [4.69, 9.17) is 4.74 Å². The predicted molar refractivity (Wildman–Crippen MR) is 109 cm³/mol. The van der Waals surface area contributed by atoms with Gasteiger partial charge in [-0.1, -0.05) is 17.7 Å². The predicted octanol–water partition coefficient (Wildman–Crippen LogP) is 4.06. The number of fused-ring (bicyclic) bond motifs is 1. The Kier molecular flexibility index (Phi) is 4.66. The number of ether oxygens (including phenoxy) is 1. The number of hydrogen-bond donors (Lipinski definition) is 1. The van der Waals surface area contributed by atoms with Crippen molar-refractivity contribution in [1.82, 2.24) is 20.2 Å². The SMILES string of the molecule is CC(C)=Cc1ccc2[nH]nc(-c3cc(N4CC(C)O[C@H](C)C4)ncn3)c2c1. The highest BCUT2D eigenvalue weighted by molar-refractivity contribution is 5.93. The van der Waals surface area contributed by atoms with Gasteiger partial charge in [-0.15, -0.1) is 0 Å². The molecule has 0 amide bonds. The standard InChI is InChI=1S/C21H25N5O/c1-13(2)7-16-5-6-18-17(8-16)21(25-24-18)19-9-20(23-12-22-19)26-10-14(3)27-15(4)11-26/h5-9,12,14-15H,10-11H2,1-4H3,(H,24,25)/t14-,15?/m1/s1. The average Bonchev–Trinajstić information content (AvgIpc) is 3.04. The second-order valence-electron chi connectivity index (χ2n) is 7.52. The third-order valence-corrected chi connectivity index (χ3v) is 4.68. The van der Waals surface area contributed by atoms with Crippen LogP contribution in [0.1, 0.15) is 33.3 Å². The van der Waals surface area contributed by atoms with Gasteiger partial charge in [0.1, 0.15) is 17.8 Å². The summed E-state index contributed by atoms with van der Waals surface area (Å²) in [5.74, 6) is 0.915. The van der Waals surface area contributed by atoms with E-state index in [2.05, 4.69) is 77.0 Å². The molecule has 3 aromatic rings. The number of hydrogen-bond acceptors (Lipinski definition) is 5. The summed E-state index contributed by atoms with van der Waals surface area (Å²) in [5, 5.41) is 8.71. The summed E-state index contributed by atoms with van der Waals surface area (Å²) < 4.78 is 5.83. The van der Waals surface area contributed by atoms with E-state index in [-0.39, 0.29) is 12.2 Å². The van der Waals surface area contributed by atoms with Gasteiger partial charge in [-0.25, -0.2) is 9.97 Å². The molecule has 6 nitrogen and oxygen atoms in total. The Labute approximate surface area is 159 Å². The molecule has 0 spiro atoms. The molecular formula is C21H25N5O. The first kappa shape index (κ1) is 17.7. The molecule has 0 saturated carbocycles. The number of aromatic nitrogens is 4. The Bertz CT molecular complexity index is 979. The van der Waals surface area contributed by atoms with Crippen molar-refractivity contribution >= 4 is 22.8 Å². The highest BCUT2D eigenvalue weighted by Crippen LogP contribution is 2.28. The van der Waals surface area contributed by atoms with Gasteiger partial charge in [0, 0.05) is 24.5 Å². The van der Waals surface area contributed by atoms with Gasteiger partial charge >= 0.3 is 0 Å². The summed E-state index contributed by atoms with van der Waals surface area (Å²) in [4.78, 5) is 11.2. The molecule has 1 aliphatic heterocycles. The molecule has 6 heteroatoms. The van der Waals surface area contributed by atoms with Gasteiger partial charge in [0.15, 0.2) is 0 Å². The van der Waals surface area contributed by atoms with Crippen LogP contribution in [0, 0.1) is 0 Å². The fourth-order valence-electron chi connectivity index (χ4n) is 3.66. The smallest absolute Gasteiger partial charge is 0.132 e. The number of allylic oxidation sites excluding steroid dienone is 1. The van der Waals surface area contributed by atoms with E-state index in [0.29, 0.717) is 0 Å². The zero-order valence-electron chi connectivity index (χ0n) is 16.2. The van der Waals surface area contributed by atoms with E-state index in [9.17, 15) is 0 Å². The number of rotatable bonds is 3. The van der Waals surface area contributed by atoms with Crippen molar-refractivity contribution < 1.29 is 4.74 Å². The Morgan fingerprint density at radius 3 is 2.67 bits per heavy atom. The molecule has 2 atom stereocenters. The molecule has 1 aliphatic rings. The number of H-pyrrole nitrogens is 1. The van der Waals surface area contributed by atoms with Crippen molar-refractivity contribution in [3.05, 3.63) is 41.7 Å². The lowest BCUT2D eigenvalue weighted by atomic mass is 10.1. The van der Waals surface area contributed by atoms with Gasteiger partial charge < -0.3 is 9.64 Å². The van der Waals surface area contributed by atoms with Crippen LogP contribution >= 0.6 is 0 Å². The van der Waals surface area contributed by atoms with Crippen LogP contribution in [0.25, 0.3) is 28.4 Å². The van der Waals surface area contributed by atoms with Crippen LogP contribution in [-0.2, 0) is 4.74 Å². The van der Waals surface area contributed by atoms with E-state index in [1.54, 1.807) is 6.33 Å². The third-order valence-electron chi connectivity index (χ3n) is 4.68. The lowest BCUT2D eigenvalue weighted by Gasteiger charge is -2.36. The molecule has 1 fully saturated rings. The van der Waals surface area contributed by atoms with Crippen molar-refractivity contribution in [2.24, 2.45) is 0 Å². The average molecular weight is 363 g/mol. The van der Waals surface area contributed by atoms with Crippen LogP contribution in [0.4, 0.5) is 5.82 Å². The first-order chi connectivity index (χ1) is 13.0. The van der Waals surface area contributed by atoms with Crippen molar-refractivity contribution in [3.8, 4) is 11.4 Å². The van der Waals surface area contributed by atoms with Gasteiger partial charge in [0.2, 0.25) is 0 Å². The maximum absolute atomic E-state index is 5.83. The first-order valence-electron chi connectivity index (χ1n) is 9.35. The summed E-state index contributed by atoms with van der Waals surface area (Å²) in [5.41, 5.74) is 5.11. The fraction of sp³-hybridized carbons (Fsp3) is 0.381. The highest BCUT2D eigenvalue weighted by atomic mass is 16.5. The van der Waals surface area contributed by atoms with Crippen molar-refractivity contribution in [1.29, 1.82) is 0 Å². The van der Waals surface area contributed by atoms with Gasteiger partial charge in [-0.2, -0.15) is 5.10 Å². The van der Waals surface area contributed by atoms with Crippen molar-refractivity contribution in [2.75, 3.05) is 18.0 Å². The summed E-state index contributed by atoms with van der Waals surface area (Å²) in [6, 6.07) is 8.34. The van der Waals surface area contributed by atoms with Gasteiger partial charge in [-0.05, 0) is 45.4 Å². The summed E-state index contributed by atoms with van der Waals surface area (Å²) >= 11 is 0. The van der Waals surface area contributed by atoms with Crippen LogP contribution in [-0.4, -0.2) is 45.5 Å². The summed E-state index contributed by atoms with van der Waals surface area (Å²) in [6.07, 6.45) is 4.16. The second-order valence-corrected chi connectivity index (χ2v) is 7.52. The molecule has 1 N–H and O–H groups in total. The van der Waals surface area contributed by atoms with Crippen LogP contribution in [0.2, 0.25) is 0 Å². The summed E-state index contributed by atoms with van der Waals surface area (Å²) in [7, 11) is 0. The monoisotopic (exact) mass is 363 g/mol. The van der Waals surface area contributed by atoms with Crippen LogP contribution < -0.4 is 4.90 Å². The molecule has 27 heavy (non-hydrogen) atoms. The second kappa shape index (κ2) is 7.12. The third kappa shape index (κ3) is 3.71. The minimum Gasteiger partial charge on any atom is -0.372 e. The molecule has 1 saturated heterocycles. The van der Waals surface area contributed by atoms with Crippen molar-refractivity contribution in [2.45, 2.75) is 39.9 Å². The Morgan fingerprint density at radius 2 is 1.93 bits per heavy atom. The lowest BCUT2D eigenvalue weighted by molar-refractivity contribution is -0.00546. The normalized spacial score (nSPS) is 20.1. The number of anilines is 1. The number of benzene rings is 1. The number of morpholine rings is 1. The highest BCUT2D eigenvalue weighted by Gasteiger charge is 2.24. The number of nitrogens with one attached hydrogen (secondary N) is 1. The summed E-state index contributed by atoms with van der Waals surface area (Å²) in [6.45, 7) is 10.0. The van der Waals surface area contributed by atoms with E-state index < -0.39 is 0 Å². The van der Waals surface area contributed by atoms with E-state index >= 15 is 0 Å². The van der Waals surface area contributed by atoms with Crippen molar-refractivity contribution in [3.63, 3.8) is 0 Å². The largest absolute Gasteiger partial charge is 0.372 e. The molecule has 1 aromatic carbocycles. The Hall–Kier alpha value is -2.73. The quantitative estimate of drug-likeness (QED) is 0.760. The molecular weight excluding hydrogens is 338 g/mol. The first-order valence-corrected chi connectivity index (χ1v) is 9.35. The Balaban J connectivity index is 1.72. The lowest BCUT2D eigenvalue weighted by Crippen LogP contribution is -2.45. The molecule has 0 radical (unpaired) electrons. The van der Waals surface area contributed by atoms with E-state index in [1.165, 1.54) is 5.57 Å². The van der Waals surface area contributed by atoms with Gasteiger partial charge in [-0.3, -0.25) is 5.10 Å². The van der Waals surface area contributed by atoms with E-state index in [1.807, 2.05) is 6.07 Å². The fourth-order valence-corrected chi connectivity index (χ4v) is 3.66. The topological polar surface area (TPSA) is 66.9 Å². The molecule has 1 unspecified atom stereocenters. The zero-order valence-corrected chi connectivity index (χ0v) is 16.2. The number of nitrogens with zero attached hydrogens (tertiary/aromatic N) is 4. The molecule has 140 valence electrons. The Morgan fingerprint density at radius 1 is 1.15 bits per heavy atom. The molecule has 3 heterocycles. The molecule has 0 aliphatic carbocycles. The minimum atomic E-state index is 0.185. The minimum absolute atomic E-state index is 0.185. The number of aromatic amines is 1. The maximum Gasteiger partial charge on any atom is 0.132 e. The maximum atomic E-state index is 5.83. The van der Waals surface area contributed by atoms with Crippen LogP contribution in [0.3, 0.4) is 0 Å². The van der Waals surface area contributed by atoms with Gasteiger partial charge in [0.25, 0.3) is 0 Å². The van der Waals surface area contributed by atoms with Crippen LogP contribution in [0.5, 0.6) is 0 Å². The molecule has 4 rings (SSSR count). The van der Waals surface area contributed by atoms with E-state index in [0.717, 1.165) is 46.8 Å². The van der Waals surface area contributed by atoms with Gasteiger partial charge in [0.05, 0.1) is 23.4 Å². The zero-order chi connectivity index (χ0) is 19.0. The molecule has 0 bridgehead atoms. The molecule has 2 aromatic heterocycles.